The Hall–Kier alpha value is -1.37. The molecular weight excluding hydrogens is 250 g/mol. The van der Waals surface area contributed by atoms with E-state index in [1.54, 1.807) is 20.1 Å². The van der Waals surface area contributed by atoms with Crippen molar-refractivity contribution in [2.75, 3.05) is 40.6 Å². The summed E-state index contributed by atoms with van der Waals surface area (Å²) in [6, 6.07) is 1.69. The van der Waals surface area contributed by atoms with Gasteiger partial charge in [-0.15, -0.1) is 0 Å². The number of esters is 1. The minimum absolute atomic E-state index is 0.379. The summed E-state index contributed by atoms with van der Waals surface area (Å²) < 4.78 is 20.3. The number of methoxy groups -OCH3 is 2. The summed E-state index contributed by atoms with van der Waals surface area (Å²) in [6.07, 6.45) is 0. The van der Waals surface area contributed by atoms with E-state index in [9.17, 15) is 4.79 Å². The van der Waals surface area contributed by atoms with E-state index in [4.69, 9.17) is 13.9 Å². The van der Waals surface area contributed by atoms with E-state index >= 15 is 0 Å². The molecule has 0 aliphatic rings. The first kappa shape index (κ1) is 15.7. The van der Waals surface area contributed by atoms with Gasteiger partial charge in [-0.05, 0) is 13.0 Å². The average Bonchev–Trinajstić information content (AvgIpc) is 2.78. The van der Waals surface area contributed by atoms with Crippen molar-refractivity contribution in [3.63, 3.8) is 0 Å². The summed E-state index contributed by atoms with van der Waals surface area (Å²) in [4.78, 5) is 11.4. The van der Waals surface area contributed by atoms with Crippen LogP contribution in [0.4, 0.5) is 0 Å². The largest absolute Gasteiger partial charge is 0.465 e. The number of furan rings is 1. The van der Waals surface area contributed by atoms with Crippen molar-refractivity contribution in [2.24, 2.45) is 0 Å². The van der Waals surface area contributed by atoms with Crippen molar-refractivity contribution >= 4 is 5.97 Å². The monoisotopic (exact) mass is 271 g/mol. The molecule has 1 aromatic heterocycles. The van der Waals surface area contributed by atoms with Crippen molar-refractivity contribution in [3.05, 3.63) is 23.2 Å². The number of nitrogens with one attached hydrogen (secondary N) is 1. The van der Waals surface area contributed by atoms with Crippen molar-refractivity contribution < 1.29 is 23.4 Å². The molecule has 0 aliphatic carbocycles. The lowest BCUT2D eigenvalue weighted by atomic mass is 10.2. The van der Waals surface area contributed by atoms with Crippen molar-refractivity contribution in [2.45, 2.75) is 13.5 Å². The summed E-state index contributed by atoms with van der Waals surface area (Å²) in [5.74, 6) is 0.894. The lowest BCUT2D eigenvalue weighted by Crippen LogP contribution is -2.19. The molecule has 0 saturated heterocycles. The molecule has 0 fully saturated rings. The highest BCUT2D eigenvalue weighted by Gasteiger charge is 2.14. The Morgan fingerprint density at radius 3 is 2.79 bits per heavy atom. The summed E-state index contributed by atoms with van der Waals surface area (Å²) in [5.41, 5.74) is 0.468. The molecule has 0 bridgehead atoms. The smallest absolute Gasteiger partial charge is 0.341 e. The van der Waals surface area contributed by atoms with E-state index in [2.05, 4.69) is 10.1 Å². The van der Waals surface area contributed by atoms with Gasteiger partial charge in [0.05, 0.1) is 33.5 Å². The average molecular weight is 271 g/mol. The van der Waals surface area contributed by atoms with E-state index in [1.165, 1.54) is 7.11 Å². The highest BCUT2D eigenvalue weighted by molar-refractivity contribution is 5.90. The van der Waals surface area contributed by atoms with Gasteiger partial charge in [-0.1, -0.05) is 0 Å². The van der Waals surface area contributed by atoms with Gasteiger partial charge in [0, 0.05) is 13.7 Å². The zero-order valence-corrected chi connectivity index (χ0v) is 11.7. The Morgan fingerprint density at radius 2 is 2.11 bits per heavy atom. The lowest BCUT2D eigenvalue weighted by Gasteiger charge is -2.04. The van der Waals surface area contributed by atoms with Gasteiger partial charge in [-0.25, -0.2) is 4.79 Å². The fourth-order valence-corrected chi connectivity index (χ4v) is 1.54. The van der Waals surface area contributed by atoms with Crippen LogP contribution in [0.1, 0.15) is 21.9 Å². The quantitative estimate of drug-likeness (QED) is 0.536. The first-order valence-electron chi connectivity index (χ1n) is 6.14. The van der Waals surface area contributed by atoms with Gasteiger partial charge >= 0.3 is 5.97 Å². The molecule has 0 atom stereocenters. The summed E-state index contributed by atoms with van der Waals surface area (Å²) >= 11 is 0. The number of rotatable bonds is 9. The Bertz CT molecular complexity index is 388. The minimum atomic E-state index is -0.379. The fourth-order valence-electron chi connectivity index (χ4n) is 1.54. The number of hydrogen-bond donors (Lipinski definition) is 1. The van der Waals surface area contributed by atoms with Crippen LogP contribution in [0.5, 0.6) is 0 Å². The predicted molar refractivity (Wildman–Crippen MR) is 69.2 cm³/mol. The topological polar surface area (TPSA) is 69.9 Å². The van der Waals surface area contributed by atoms with E-state index in [-0.39, 0.29) is 5.97 Å². The van der Waals surface area contributed by atoms with Crippen LogP contribution >= 0.6 is 0 Å². The van der Waals surface area contributed by atoms with Crippen LogP contribution in [0.15, 0.2) is 10.5 Å². The molecule has 0 spiro atoms. The van der Waals surface area contributed by atoms with Crippen LogP contribution in [0.25, 0.3) is 0 Å². The van der Waals surface area contributed by atoms with Crippen LogP contribution in [-0.2, 0) is 20.8 Å². The summed E-state index contributed by atoms with van der Waals surface area (Å²) in [5, 5.41) is 3.16. The van der Waals surface area contributed by atoms with Crippen LogP contribution in [-0.4, -0.2) is 46.6 Å². The van der Waals surface area contributed by atoms with Crippen LogP contribution in [0.2, 0.25) is 0 Å². The Morgan fingerprint density at radius 1 is 1.32 bits per heavy atom. The highest BCUT2D eigenvalue weighted by atomic mass is 16.5. The van der Waals surface area contributed by atoms with Crippen molar-refractivity contribution in [1.82, 2.24) is 5.32 Å². The van der Waals surface area contributed by atoms with Gasteiger partial charge in [0.1, 0.15) is 17.1 Å². The molecule has 108 valence electrons. The zero-order chi connectivity index (χ0) is 14.1. The third-order valence-electron chi connectivity index (χ3n) is 2.53. The normalized spacial score (nSPS) is 10.7. The summed E-state index contributed by atoms with van der Waals surface area (Å²) in [7, 11) is 2.99. The molecule has 1 aromatic rings. The number of hydrogen-bond acceptors (Lipinski definition) is 6. The summed E-state index contributed by atoms with van der Waals surface area (Å²) in [6.45, 7) is 4.78. The van der Waals surface area contributed by atoms with Gasteiger partial charge < -0.3 is 23.9 Å². The second-order valence-corrected chi connectivity index (χ2v) is 3.96. The van der Waals surface area contributed by atoms with Gasteiger partial charge in [0.2, 0.25) is 0 Å². The SMILES string of the molecule is COCCOCCNCc1cc(C(=O)OC)c(C)o1. The zero-order valence-electron chi connectivity index (χ0n) is 11.7. The van der Waals surface area contributed by atoms with E-state index < -0.39 is 0 Å². The molecule has 0 radical (unpaired) electrons. The Labute approximate surface area is 113 Å². The molecule has 1 rings (SSSR count). The number of ether oxygens (including phenoxy) is 3. The van der Waals surface area contributed by atoms with Gasteiger partial charge in [-0.2, -0.15) is 0 Å². The van der Waals surface area contributed by atoms with E-state index in [0.717, 1.165) is 0 Å². The van der Waals surface area contributed by atoms with E-state index in [0.29, 0.717) is 50.0 Å². The molecule has 1 N–H and O–H groups in total. The first-order chi connectivity index (χ1) is 9.19. The number of carbonyl (C=O) groups excluding carboxylic acids is 1. The number of carbonyl (C=O) groups is 1. The second-order valence-electron chi connectivity index (χ2n) is 3.96. The second kappa shape index (κ2) is 8.68. The third kappa shape index (κ3) is 5.42. The Balaban J connectivity index is 2.25. The van der Waals surface area contributed by atoms with Crippen LogP contribution in [0.3, 0.4) is 0 Å². The third-order valence-corrected chi connectivity index (χ3v) is 2.53. The van der Waals surface area contributed by atoms with E-state index in [1.807, 2.05) is 0 Å². The maximum atomic E-state index is 11.4. The first-order valence-corrected chi connectivity index (χ1v) is 6.14. The van der Waals surface area contributed by atoms with Crippen LogP contribution < -0.4 is 5.32 Å². The Kier molecular flexibility index (Phi) is 7.17. The number of aryl methyl sites for hydroxylation is 1. The molecule has 19 heavy (non-hydrogen) atoms. The molecule has 0 saturated carbocycles. The predicted octanol–water partition coefficient (Wildman–Crippen LogP) is 1.13. The molecule has 0 amide bonds. The fraction of sp³-hybridized carbons (Fsp3) is 0.615. The molecule has 0 unspecified atom stereocenters. The molecule has 0 aliphatic heterocycles. The highest BCUT2D eigenvalue weighted by Crippen LogP contribution is 2.15. The molecular formula is C13H21NO5. The molecule has 6 heteroatoms. The lowest BCUT2D eigenvalue weighted by molar-refractivity contribution is 0.0599. The van der Waals surface area contributed by atoms with Crippen molar-refractivity contribution in [1.29, 1.82) is 0 Å². The maximum Gasteiger partial charge on any atom is 0.341 e. The molecule has 0 aromatic carbocycles. The standard InChI is InChI=1S/C13H21NO5/c1-10-12(13(15)17-3)8-11(19-10)9-14-4-5-18-7-6-16-2/h8,14H,4-7,9H2,1-3H3. The van der Waals surface area contributed by atoms with Crippen LogP contribution in [0, 0.1) is 6.92 Å². The van der Waals surface area contributed by atoms with Gasteiger partial charge in [0.15, 0.2) is 0 Å². The molecule has 6 nitrogen and oxygen atoms in total. The van der Waals surface area contributed by atoms with Gasteiger partial charge in [0.25, 0.3) is 0 Å². The van der Waals surface area contributed by atoms with Crippen molar-refractivity contribution in [3.8, 4) is 0 Å². The minimum Gasteiger partial charge on any atom is -0.465 e. The molecule has 1 heterocycles. The van der Waals surface area contributed by atoms with Gasteiger partial charge in [-0.3, -0.25) is 0 Å². The maximum absolute atomic E-state index is 11.4.